The van der Waals surface area contributed by atoms with Crippen LogP contribution >= 0.6 is 15.9 Å². The molecule has 0 aliphatic heterocycles. The summed E-state index contributed by atoms with van der Waals surface area (Å²) in [6.07, 6.45) is 0. The second-order valence-corrected chi connectivity index (χ2v) is 2.82. The van der Waals surface area contributed by atoms with Gasteiger partial charge in [-0.25, -0.2) is 4.39 Å². The molecule has 0 aliphatic carbocycles. The van der Waals surface area contributed by atoms with E-state index in [2.05, 4.69) is 15.9 Å². The van der Waals surface area contributed by atoms with Crippen molar-refractivity contribution in [2.75, 3.05) is 0 Å². The quantitative estimate of drug-likeness (QED) is 0.704. The second-order valence-electron chi connectivity index (χ2n) is 2.02. The maximum absolute atomic E-state index is 12.2. The van der Waals surface area contributed by atoms with Gasteiger partial charge in [0.1, 0.15) is 12.7 Å². The first kappa shape index (κ1) is 8.22. The third kappa shape index (κ3) is 1.58. The maximum Gasteiger partial charge on any atom is 0.116 e. The number of alkyl halides is 1. The van der Waals surface area contributed by atoms with Gasteiger partial charge in [0.05, 0.1) is 5.56 Å². The highest BCUT2D eigenvalue weighted by Gasteiger charge is 2.02. The van der Waals surface area contributed by atoms with Crippen LogP contribution in [0.15, 0.2) is 22.7 Å². The number of rotatable bonds is 1. The smallest absolute Gasteiger partial charge is 0.116 e. The van der Waals surface area contributed by atoms with Crippen molar-refractivity contribution in [2.24, 2.45) is 0 Å². The minimum atomic E-state index is -0.546. The van der Waals surface area contributed by atoms with Gasteiger partial charge in [-0.15, -0.1) is 0 Å². The summed E-state index contributed by atoms with van der Waals surface area (Å²) in [6, 6.07) is 6.91. The van der Waals surface area contributed by atoms with Crippen molar-refractivity contribution in [3.8, 4) is 6.07 Å². The van der Waals surface area contributed by atoms with Gasteiger partial charge < -0.3 is 0 Å². The number of nitriles is 1. The lowest BCUT2D eigenvalue weighted by Gasteiger charge is -1.98. The van der Waals surface area contributed by atoms with Gasteiger partial charge >= 0.3 is 0 Å². The molecule has 0 unspecified atom stereocenters. The fraction of sp³-hybridized carbons (Fsp3) is 0.125. The van der Waals surface area contributed by atoms with Gasteiger partial charge in [-0.3, -0.25) is 0 Å². The van der Waals surface area contributed by atoms with Crippen LogP contribution in [0.4, 0.5) is 4.39 Å². The highest BCUT2D eigenvalue weighted by Crippen LogP contribution is 2.21. The first-order chi connectivity index (χ1) is 5.29. The van der Waals surface area contributed by atoms with Crippen molar-refractivity contribution in [1.29, 1.82) is 5.26 Å². The van der Waals surface area contributed by atoms with Gasteiger partial charge in [0.15, 0.2) is 0 Å². The third-order valence-electron chi connectivity index (χ3n) is 1.34. The van der Waals surface area contributed by atoms with Crippen molar-refractivity contribution in [3.05, 3.63) is 33.8 Å². The standard InChI is InChI=1S/C8H5BrFN/c9-8-6(4-10)2-1-3-7(8)5-11/h1-3H,4H2. The first-order valence-corrected chi connectivity index (χ1v) is 3.82. The lowest BCUT2D eigenvalue weighted by molar-refractivity contribution is 0.484. The molecule has 11 heavy (non-hydrogen) atoms. The molecule has 0 spiro atoms. The van der Waals surface area contributed by atoms with Crippen LogP contribution in [0, 0.1) is 11.3 Å². The van der Waals surface area contributed by atoms with Crippen LogP contribution in [0.5, 0.6) is 0 Å². The summed E-state index contributed by atoms with van der Waals surface area (Å²) in [5.74, 6) is 0. The topological polar surface area (TPSA) is 23.8 Å². The minimum Gasteiger partial charge on any atom is -0.246 e. The summed E-state index contributed by atoms with van der Waals surface area (Å²) in [5, 5.41) is 8.54. The molecule has 0 atom stereocenters. The molecule has 0 fully saturated rings. The first-order valence-electron chi connectivity index (χ1n) is 3.03. The van der Waals surface area contributed by atoms with Crippen LogP contribution in [-0.4, -0.2) is 0 Å². The van der Waals surface area contributed by atoms with Crippen molar-refractivity contribution < 1.29 is 4.39 Å². The van der Waals surface area contributed by atoms with Gasteiger partial charge in [-0.2, -0.15) is 5.26 Å². The van der Waals surface area contributed by atoms with Crippen molar-refractivity contribution in [3.63, 3.8) is 0 Å². The van der Waals surface area contributed by atoms with E-state index < -0.39 is 6.67 Å². The van der Waals surface area contributed by atoms with Crippen molar-refractivity contribution in [2.45, 2.75) is 6.67 Å². The van der Waals surface area contributed by atoms with Crippen molar-refractivity contribution in [1.82, 2.24) is 0 Å². The summed E-state index contributed by atoms with van der Waals surface area (Å²) in [5.41, 5.74) is 0.990. The largest absolute Gasteiger partial charge is 0.246 e. The number of nitrogens with zero attached hydrogens (tertiary/aromatic N) is 1. The summed E-state index contributed by atoms with van der Waals surface area (Å²) in [6.45, 7) is -0.546. The van der Waals surface area contributed by atoms with Gasteiger partial charge in [-0.1, -0.05) is 12.1 Å². The number of benzene rings is 1. The van der Waals surface area contributed by atoms with Crippen molar-refractivity contribution >= 4 is 15.9 Å². The Hall–Kier alpha value is -0.880. The number of halogens is 2. The molecule has 0 saturated carbocycles. The second kappa shape index (κ2) is 3.49. The highest BCUT2D eigenvalue weighted by atomic mass is 79.9. The zero-order valence-electron chi connectivity index (χ0n) is 5.64. The average molecular weight is 214 g/mol. The van der Waals surface area contributed by atoms with Crippen LogP contribution in [0.2, 0.25) is 0 Å². The van der Waals surface area contributed by atoms with E-state index in [9.17, 15) is 4.39 Å². The van der Waals surface area contributed by atoms with Crippen LogP contribution in [0.25, 0.3) is 0 Å². The molecule has 0 amide bonds. The molecule has 0 aromatic heterocycles. The van der Waals surface area contributed by atoms with Gasteiger partial charge in [0.2, 0.25) is 0 Å². The van der Waals surface area contributed by atoms with Crippen LogP contribution in [-0.2, 0) is 6.67 Å². The van der Waals surface area contributed by atoms with E-state index in [1.165, 1.54) is 0 Å². The molecule has 1 rings (SSSR count). The molecular weight excluding hydrogens is 209 g/mol. The fourth-order valence-corrected chi connectivity index (χ4v) is 1.23. The molecule has 1 nitrogen and oxygen atoms in total. The molecule has 0 N–H and O–H groups in total. The molecule has 0 saturated heterocycles. The average Bonchev–Trinajstić information content (AvgIpc) is 2.05. The van der Waals surface area contributed by atoms with E-state index in [-0.39, 0.29) is 0 Å². The van der Waals surface area contributed by atoms with E-state index in [1.54, 1.807) is 18.2 Å². The Balaban J connectivity index is 3.23. The Morgan fingerprint density at radius 1 is 1.55 bits per heavy atom. The van der Waals surface area contributed by atoms with Gasteiger partial charge in [0, 0.05) is 4.47 Å². The van der Waals surface area contributed by atoms with E-state index in [0.29, 0.717) is 15.6 Å². The molecule has 0 heterocycles. The predicted octanol–water partition coefficient (Wildman–Crippen LogP) is 2.79. The van der Waals surface area contributed by atoms with E-state index in [0.717, 1.165) is 0 Å². The van der Waals surface area contributed by atoms with Gasteiger partial charge in [-0.05, 0) is 27.6 Å². The number of hydrogen-bond acceptors (Lipinski definition) is 1. The zero-order valence-corrected chi connectivity index (χ0v) is 7.23. The van der Waals surface area contributed by atoms with E-state index >= 15 is 0 Å². The Labute approximate surface area is 72.6 Å². The van der Waals surface area contributed by atoms with Crippen LogP contribution in [0.1, 0.15) is 11.1 Å². The van der Waals surface area contributed by atoms with Gasteiger partial charge in [0.25, 0.3) is 0 Å². The fourth-order valence-electron chi connectivity index (χ4n) is 0.769. The number of hydrogen-bond donors (Lipinski definition) is 0. The molecule has 56 valence electrons. The van der Waals surface area contributed by atoms with Crippen LogP contribution < -0.4 is 0 Å². The normalized spacial score (nSPS) is 9.18. The molecular formula is C8H5BrFN. The molecule has 0 aliphatic rings. The highest BCUT2D eigenvalue weighted by molar-refractivity contribution is 9.10. The molecule has 1 aromatic rings. The lowest BCUT2D eigenvalue weighted by Crippen LogP contribution is -1.84. The summed E-state index contributed by atoms with van der Waals surface area (Å²) in [4.78, 5) is 0. The molecule has 0 radical (unpaired) electrons. The summed E-state index contributed by atoms with van der Waals surface area (Å²) < 4.78 is 12.7. The SMILES string of the molecule is N#Cc1cccc(CF)c1Br. The minimum absolute atomic E-state index is 0.472. The molecule has 3 heteroatoms. The molecule has 0 bridgehead atoms. The summed E-state index contributed by atoms with van der Waals surface area (Å²) in [7, 11) is 0. The maximum atomic E-state index is 12.2. The Kier molecular flexibility index (Phi) is 2.61. The Morgan fingerprint density at radius 2 is 2.27 bits per heavy atom. The molecule has 1 aromatic carbocycles. The van der Waals surface area contributed by atoms with Crippen LogP contribution in [0.3, 0.4) is 0 Å². The Bertz CT molecular complexity index is 303. The van der Waals surface area contributed by atoms with E-state index in [4.69, 9.17) is 5.26 Å². The zero-order chi connectivity index (χ0) is 8.27. The monoisotopic (exact) mass is 213 g/mol. The third-order valence-corrected chi connectivity index (χ3v) is 2.28. The Morgan fingerprint density at radius 3 is 2.82 bits per heavy atom. The lowest BCUT2D eigenvalue weighted by atomic mass is 10.1. The predicted molar refractivity (Wildman–Crippen MR) is 43.7 cm³/mol. The summed E-state index contributed by atoms with van der Waals surface area (Å²) >= 11 is 3.14. The van der Waals surface area contributed by atoms with E-state index in [1.807, 2.05) is 6.07 Å².